The normalized spacial score (nSPS) is 17.1. The van der Waals surface area contributed by atoms with E-state index in [-0.39, 0.29) is 0 Å². The Morgan fingerprint density at radius 3 is 2.67 bits per heavy atom. The molecule has 1 aromatic rings. The number of hydrogen-bond acceptors (Lipinski definition) is 3. The molecule has 0 aliphatic carbocycles. The van der Waals surface area contributed by atoms with Crippen molar-refractivity contribution in [3.8, 4) is 0 Å². The van der Waals surface area contributed by atoms with Crippen LogP contribution in [0.2, 0.25) is 0 Å². The molecular weight excluding hydrogens is 313 g/mol. The van der Waals surface area contributed by atoms with E-state index in [1.54, 1.807) is 0 Å². The maximum atomic E-state index is 11.7. The van der Waals surface area contributed by atoms with Crippen LogP contribution in [0.1, 0.15) is 6.92 Å². The minimum absolute atomic E-state index is 0.527. The molecule has 1 aromatic carbocycles. The number of carbonyl (C=O) groups is 1. The zero-order valence-electron chi connectivity index (χ0n) is 9.49. The van der Waals surface area contributed by atoms with Gasteiger partial charge < -0.3 is 4.90 Å². The van der Waals surface area contributed by atoms with E-state index in [1.165, 1.54) is 17.8 Å². The number of para-hydroxylation sites is 1. The Kier molecular flexibility index (Phi) is 4.17. The van der Waals surface area contributed by atoms with Crippen LogP contribution in [0.3, 0.4) is 0 Å². The van der Waals surface area contributed by atoms with Gasteiger partial charge in [-0.1, -0.05) is 58.7 Å². The summed E-state index contributed by atoms with van der Waals surface area (Å²) in [6.45, 7) is 2.76. The fourth-order valence-corrected chi connectivity index (χ4v) is 3.00. The number of allylic oxidation sites excluding steroid dienone is 1. The number of hydrogen-bond donors (Lipinski definition) is 0. The van der Waals surface area contributed by atoms with Crippen molar-refractivity contribution in [2.24, 2.45) is 0 Å². The van der Waals surface area contributed by atoms with Gasteiger partial charge in [0.2, 0.25) is 5.78 Å². The van der Waals surface area contributed by atoms with Gasteiger partial charge in [-0.05, 0) is 19.1 Å². The Labute approximate surface area is 125 Å². The van der Waals surface area contributed by atoms with E-state index in [9.17, 15) is 4.79 Å². The molecule has 2 rings (SSSR count). The first-order chi connectivity index (χ1) is 8.43. The molecule has 0 atom stereocenters. The van der Waals surface area contributed by atoms with Crippen molar-refractivity contribution < 1.29 is 4.79 Å². The molecule has 96 valence electrons. The molecule has 0 aromatic heterocycles. The van der Waals surface area contributed by atoms with E-state index in [2.05, 4.69) is 0 Å². The Morgan fingerprint density at radius 2 is 2.06 bits per heavy atom. The monoisotopic (exact) mass is 321 g/mol. The van der Waals surface area contributed by atoms with Crippen LogP contribution in [0, 0.1) is 0 Å². The molecule has 0 saturated heterocycles. The second kappa shape index (κ2) is 5.33. The Hall–Kier alpha value is -0.350. The number of fused-ring (bicyclic) bond motifs is 1. The summed E-state index contributed by atoms with van der Waals surface area (Å²) in [5, 5.41) is 0.787. The van der Waals surface area contributed by atoms with Crippen LogP contribution in [-0.2, 0) is 4.79 Å². The lowest BCUT2D eigenvalue weighted by atomic mass is 10.3. The fourth-order valence-electron chi connectivity index (χ4n) is 1.68. The van der Waals surface area contributed by atoms with Crippen molar-refractivity contribution in [3.05, 3.63) is 35.4 Å². The summed E-state index contributed by atoms with van der Waals surface area (Å²) in [4.78, 5) is 14.8. The third-order valence-corrected chi connectivity index (χ3v) is 4.16. The van der Waals surface area contributed by atoms with Gasteiger partial charge in [-0.15, -0.1) is 0 Å². The summed E-state index contributed by atoms with van der Waals surface area (Å²) in [6, 6.07) is 7.93. The third-order valence-electron chi connectivity index (χ3n) is 2.49. The molecule has 6 heteroatoms. The number of thioether (sulfide) groups is 1. The fraction of sp³-hybridized carbons (Fsp3) is 0.250. The maximum Gasteiger partial charge on any atom is 0.252 e. The average molecular weight is 323 g/mol. The van der Waals surface area contributed by atoms with Gasteiger partial charge >= 0.3 is 0 Å². The number of carbonyl (C=O) groups excluding carboxylic acids is 1. The summed E-state index contributed by atoms with van der Waals surface area (Å²) in [7, 11) is 0. The number of benzene rings is 1. The molecule has 0 fully saturated rings. The number of rotatable bonds is 2. The molecular formula is C12H10Cl3NOS. The van der Waals surface area contributed by atoms with Crippen LogP contribution >= 0.6 is 46.6 Å². The number of nitrogens with zero attached hydrogens (tertiary/aromatic N) is 1. The molecule has 0 saturated carbocycles. The average Bonchev–Trinajstić information content (AvgIpc) is 2.64. The van der Waals surface area contributed by atoms with E-state index in [0.717, 1.165) is 22.2 Å². The lowest BCUT2D eigenvalue weighted by molar-refractivity contribution is -0.113. The van der Waals surface area contributed by atoms with Gasteiger partial charge in [-0.2, -0.15) is 0 Å². The van der Waals surface area contributed by atoms with Crippen molar-refractivity contribution >= 4 is 58.0 Å². The predicted octanol–water partition coefficient (Wildman–Crippen LogP) is 4.40. The number of halogens is 3. The predicted molar refractivity (Wildman–Crippen MR) is 78.7 cm³/mol. The minimum Gasteiger partial charge on any atom is -0.335 e. The van der Waals surface area contributed by atoms with Gasteiger partial charge in [-0.25, -0.2) is 0 Å². The second-order valence-corrected chi connectivity index (χ2v) is 7.00. The molecule has 0 unspecified atom stereocenters. The number of anilines is 1. The number of ketones is 1. The molecule has 0 amide bonds. The van der Waals surface area contributed by atoms with Gasteiger partial charge in [-0.3, -0.25) is 4.79 Å². The van der Waals surface area contributed by atoms with Crippen molar-refractivity contribution in [3.63, 3.8) is 0 Å². The number of alkyl halides is 3. The highest BCUT2D eigenvalue weighted by Gasteiger charge is 2.31. The first-order valence-electron chi connectivity index (χ1n) is 5.30. The van der Waals surface area contributed by atoms with Crippen molar-refractivity contribution in [1.82, 2.24) is 0 Å². The first kappa shape index (κ1) is 14.1. The van der Waals surface area contributed by atoms with Gasteiger partial charge in [0.15, 0.2) is 0 Å². The SMILES string of the molecule is CCN1/C(=C\C(=O)C(Cl)(Cl)Cl)Sc2ccccc21. The van der Waals surface area contributed by atoms with Crippen molar-refractivity contribution in [2.75, 3.05) is 11.4 Å². The second-order valence-electron chi connectivity index (χ2n) is 3.66. The lowest BCUT2D eigenvalue weighted by Crippen LogP contribution is -2.21. The molecule has 18 heavy (non-hydrogen) atoms. The summed E-state index contributed by atoms with van der Waals surface area (Å²) in [6.07, 6.45) is 1.39. The molecule has 0 N–H and O–H groups in total. The molecule has 0 spiro atoms. The standard InChI is InChI=1S/C12H10Cl3NOS/c1-2-16-8-5-3-4-6-9(8)18-11(16)7-10(17)12(13,14)15/h3-7H,2H2,1H3/b11-7+. The highest BCUT2D eigenvalue weighted by atomic mass is 35.6. The van der Waals surface area contributed by atoms with Crippen molar-refractivity contribution in [1.29, 1.82) is 0 Å². The van der Waals surface area contributed by atoms with Crippen LogP contribution in [0.15, 0.2) is 40.3 Å². The van der Waals surface area contributed by atoms with Crippen LogP contribution in [0.5, 0.6) is 0 Å². The van der Waals surface area contributed by atoms with Crippen LogP contribution < -0.4 is 4.90 Å². The lowest BCUT2D eigenvalue weighted by Gasteiger charge is -2.18. The molecule has 0 bridgehead atoms. The van der Waals surface area contributed by atoms with Crippen LogP contribution in [0.25, 0.3) is 0 Å². The van der Waals surface area contributed by atoms with E-state index in [0.29, 0.717) is 0 Å². The summed E-state index contributed by atoms with van der Waals surface area (Å²) >= 11 is 18.2. The van der Waals surface area contributed by atoms with E-state index >= 15 is 0 Å². The zero-order chi connectivity index (χ0) is 13.3. The summed E-state index contributed by atoms with van der Waals surface area (Å²) in [5.74, 6) is -0.527. The third kappa shape index (κ3) is 2.80. The Balaban J connectivity index is 2.33. The summed E-state index contributed by atoms with van der Waals surface area (Å²) < 4.78 is -1.90. The first-order valence-corrected chi connectivity index (χ1v) is 7.25. The van der Waals surface area contributed by atoms with Gasteiger partial charge in [0, 0.05) is 17.5 Å². The minimum atomic E-state index is -1.90. The highest BCUT2D eigenvalue weighted by molar-refractivity contribution is 8.03. The summed E-state index contributed by atoms with van der Waals surface area (Å²) in [5.41, 5.74) is 1.08. The van der Waals surface area contributed by atoms with Gasteiger partial charge in [0.1, 0.15) is 0 Å². The molecule has 1 aliphatic rings. The van der Waals surface area contributed by atoms with Crippen LogP contribution in [0.4, 0.5) is 5.69 Å². The van der Waals surface area contributed by atoms with Gasteiger partial charge in [0.05, 0.1) is 10.7 Å². The Bertz CT molecular complexity index is 510. The smallest absolute Gasteiger partial charge is 0.252 e. The van der Waals surface area contributed by atoms with E-state index in [1.807, 2.05) is 36.1 Å². The molecule has 1 aliphatic heterocycles. The molecule has 0 radical (unpaired) electrons. The van der Waals surface area contributed by atoms with Gasteiger partial charge in [0.25, 0.3) is 3.79 Å². The molecule has 2 nitrogen and oxygen atoms in total. The maximum absolute atomic E-state index is 11.7. The topological polar surface area (TPSA) is 20.3 Å². The van der Waals surface area contributed by atoms with E-state index < -0.39 is 9.58 Å². The van der Waals surface area contributed by atoms with Crippen molar-refractivity contribution in [2.45, 2.75) is 15.6 Å². The zero-order valence-corrected chi connectivity index (χ0v) is 12.6. The van der Waals surface area contributed by atoms with Crippen LogP contribution in [-0.4, -0.2) is 16.1 Å². The highest BCUT2D eigenvalue weighted by Crippen LogP contribution is 2.46. The Morgan fingerprint density at radius 1 is 1.39 bits per heavy atom. The molecule has 1 heterocycles. The largest absolute Gasteiger partial charge is 0.335 e. The quantitative estimate of drug-likeness (QED) is 0.594. The van der Waals surface area contributed by atoms with E-state index in [4.69, 9.17) is 34.8 Å².